The van der Waals surface area contributed by atoms with Crippen LogP contribution in [0.15, 0.2) is 0 Å². The van der Waals surface area contributed by atoms with Gasteiger partial charge in [0, 0.05) is 19.3 Å². The highest BCUT2D eigenvalue weighted by molar-refractivity contribution is 5.82. The molecular weight excluding hydrogens is 240 g/mol. The van der Waals surface area contributed by atoms with Gasteiger partial charge in [0.15, 0.2) is 0 Å². The van der Waals surface area contributed by atoms with Gasteiger partial charge < -0.3 is 15.8 Å². The molecule has 1 amide bonds. The molecule has 2 fully saturated rings. The van der Waals surface area contributed by atoms with Crippen molar-refractivity contribution in [3.63, 3.8) is 0 Å². The van der Waals surface area contributed by atoms with Crippen LogP contribution in [0.5, 0.6) is 0 Å². The predicted molar refractivity (Wildman–Crippen MR) is 75.7 cm³/mol. The molecule has 3 unspecified atom stereocenters. The number of hydrogen-bond acceptors (Lipinski definition) is 3. The lowest BCUT2D eigenvalue weighted by Crippen LogP contribution is -2.50. The Bertz CT molecular complexity index is 290. The average molecular weight is 268 g/mol. The van der Waals surface area contributed by atoms with Crippen LogP contribution < -0.4 is 11.1 Å². The predicted octanol–water partition coefficient (Wildman–Crippen LogP) is 1.83. The van der Waals surface area contributed by atoms with E-state index < -0.39 is 0 Å². The fourth-order valence-corrected chi connectivity index (χ4v) is 3.38. The maximum atomic E-state index is 12.2. The fraction of sp³-hybridized carbons (Fsp3) is 0.933. The molecule has 0 bridgehead atoms. The third-order valence-corrected chi connectivity index (χ3v) is 4.78. The largest absolute Gasteiger partial charge is 0.381 e. The summed E-state index contributed by atoms with van der Waals surface area (Å²) < 4.78 is 5.32. The van der Waals surface area contributed by atoms with Crippen LogP contribution in [0.25, 0.3) is 0 Å². The summed E-state index contributed by atoms with van der Waals surface area (Å²) in [6.07, 6.45) is 7.84. The molecule has 4 heteroatoms. The molecular formula is C15H28N2O2. The lowest BCUT2D eigenvalue weighted by atomic mass is 9.84. The van der Waals surface area contributed by atoms with E-state index >= 15 is 0 Å². The zero-order chi connectivity index (χ0) is 13.7. The van der Waals surface area contributed by atoms with E-state index in [0.717, 1.165) is 44.8 Å². The van der Waals surface area contributed by atoms with Crippen LogP contribution in [0.1, 0.15) is 51.9 Å². The first-order valence-electron chi connectivity index (χ1n) is 7.84. The van der Waals surface area contributed by atoms with Gasteiger partial charge in [-0.3, -0.25) is 4.79 Å². The van der Waals surface area contributed by atoms with E-state index in [0.29, 0.717) is 12.0 Å². The van der Waals surface area contributed by atoms with Crippen LogP contribution in [-0.4, -0.2) is 31.2 Å². The number of nitrogens with one attached hydrogen (secondary N) is 1. The first kappa shape index (κ1) is 14.8. The zero-order valence-corrected chi connectivity index (χ0v) is 12.1. The second kappa shape index (κ2) is 7.25. The van der Waals surface area contributed by atoms with Crippen molar-refractivity contribution in [1.29, 1.82) is 0 Å². The highest BCUT2D eigenvalue weighted by Crippen LogP contribution is 2.27. The van der Waals surface area contributed by atoms with Crippen molar-refractivity contribution in [2.75, 3.05) is 13.2 Å². The van der Waals surface area contributed by atoms with Gasteiger partial charge in [-0.15, -0.1) is 0 Å². The highest BCUT2D eigenvalue weighted by Gasteiger charge is 2.29. The van der Waals surface area contributed by atoms with Gasteiger partial charge in [-0.05, 0) is 37.5 Å². The molecule has 1 saturated carbocycles. The maximum Gasteiger partial charge on any atom is 0.237 e. The Labute approximate surface area is 116 Å². The van der Waals surface area contributed by atoms with E-state index in [9.17, 15) is 4.79 Å². The number of nitrogens with two attached hydrogens (primary N) is 1. The number of hydrogen-bond donors (Lipinski definition) is 2. The summed E-state index contributed by atoms with van der Waals surface area (Å²) >= 11 is 0. The van der Waals surface area contributed by atoms with Gasteiger partial charge in [-0.1, -0.05) is 26.2 Å². The molecule has 2 aliphatic rings. The summed E-state index contributed by atoms with van der Waals surface area (Å²) in [4.78, 5) is 12.2. The first-order chi connectivity index (χ1) is 9.20. The summed E-state index contributed by atoms with van der Waals surface area (Å²) in [6, 6.07) is -0.0111. The summed E-state index contributed by atoms with van der Waals surface area (Å²) in [5.74, 6) is 1.12. The minimum Gasteiger partial charge on any atom is -0.381 e. The molecule has 110 valence electrons. The van der Waals surface area contributed by atoms with Gasteiger partial charge in [0.25, 0.3) is 0 Å². The summed E-state index contributed by atoms with van der Waals surface area (Å²) in [7, 11) is 0. The van der Waals surface area contributed by atoms with Crippen molar-refractivity contribution in [2.24, 2.45) is 17.6 Å². The topological polar surface area (TPSA) is 64.4 Å². The molecule has 1 heterocycles. The SMILES string of the molecule is CCC1CCCC(NC(=O)C(N)C2CCOCC2)C1. The van der Waals surface area contributed by atoms with Gasteiger partial charge in [0.1, 0.15) is 0 Å². The maximum absolute atomic E-state index is 12.2. The Morgan fingerprint density at radius 1 is 1.32 bits per heavy atom. The molecule has 19 heavy (non-hydrogen) atoms. The first-order valence-corrected chi connectivity index (χ1v) is 7.84. The third kappa shape index (κ3) is 4.18. The standard InChI is InChI=1S/C15H28N2O2/c1-2-11-4-3-5-13(10-11)17-15(18)14(16)12-6-8-19-9-7-12/h11-14H,2-10,16H2,1H3,(H,17,18). The lowest BCUT2D eigenvalue weighted by molar-refractivity contribution is -0.125. The number of carbonyl (C=O) groups is 1. The van der Waals surface area contributed by atoms with Gasteiger partial charge >= 0.3 is 0 Å². The molecule has 0 aromatic carbocycles. The van der Waals surface area contributed by atoms with Crippen LogP contribution >= 0.6 is 0 Å². The van der Waals surface area contributed by atoms with E-state index in [1.54, 1.807) is 0 Å². The molecule has 4 nitrogen and oxygen atoms in total. The van der Waals surface area contributed by atoms with E-state index in [1.165, 1.54) is 19.3 Å². The Balaban J connectivity index is 1.79. The normalized spacial score (nSPS) is 30.8. The van der Waals surface area contributed by atoms with Crippen LogP contribution in [0.2, 0.25) is 0 Å². The molecule has 0 aromatic rings. The monoisotopic (exact) mass is 268 g/mol. The molecule has 0 radical (unpaired) electrons. The van der Waals surface area contributed by atoms with Crippen LogP contribution in [-0.2, 0) is 9.53 Å². The van der Waals surface area contributed by atoms with Crippen molar-refractivity contribution in [3.05, 3.63) is 0 Å². The number of ether oxygens (including phenoxy) is 1. The molecule has 1 aliphatic carbocycles. The number of amides is 1. The van der Waals surface area contributed by atoms with Crippen molar-refractivity contribution in [1.82, 2.24) is 5.32 Å². The Kier molecular flexibility index (Phi) is 5.64. The van der Waals surface area contributed by atoms with Gasteiger partial charge in [-0.2, -0.15) is 0 Å². The molecule has 3 N–H and O–H groups in total. The van der Waals surface area contributed by atoms with Crippen LogP contribution in [0.3, 0.4) is 0 Å². The summed E-state index contributed by atoms with van der Waals surface area (Å²) in [5, 5.41) is 3.18. The van der Waals surface area contributed by atoms with E-state index in [2.05, 4.69) is 12.2 Å². The molecule has 3 atom stereocenters. The fourth-order valence-electron chi connectivity index (χ4n) is 3.38. The molecule has 1 aliphatic heterocycles. The summed E-state index contributed by atoms with van der Waals surface area (Å²) in [6.45, 7) is 3.72. The van der Waals surface area contributed by atoms with E-state index in [4.69, 9.17) is 10.5 Å². The summed E-state index contributed by atoms with van der Waals surface area (Å²) in [5.41, 5.74) is 6.11. The third-order valence-electron chi connectivity index (χ3n) is 4.78. The minimum atomic E-state index is -0.356. The second-order valence-electron chi connectivity index (χ2n) is 6.12. The van der Waals surface area contributed by atoms with E-state index in [-0.39, 0.29) is 11.9 Å². The second-order valence-corrected chi connectivity index (χ2v) is 6.12. The van der Waals surface area contributed by atoms with Crippen LogP contribution in [0.4, 0.5) is 0 Å². The smallest absolute Gasteiger partial charge is 0.237 e. The minimum absolute atomic E-state index is 0.0497. The molecule has 2 rings (SSSR count). The highest BCUT2D eigenvalue weighted by atomic mass is 16.5. The molecule has 0 aromatic heterocycles. The molecule has 1 saturated heterocycles. The van der Waals surface area contributed by atoms with Crippen molar-refractivity contribution in [3.8, 4) is 0 Å². The molecule has 0 spiro atoms. The Morgan fingerprint density at radius 2 is 2.05 bits per heavy atom. The number of carbonyl (C=O) groups excluding carboxylic acids is 1. The van der Waals surface area contributed by atoms with Crippen molar-refractivity contribution >= 4 is 5.91 Å². The van der Waals surface area contributed by atoms with Crippen molar-refractivity contribution < 1.29 is 9.53 Å². The Hall–Kier alpha value is -0.610. The van der Waals surface area contributed by atoms with Crippen LogP contribution in [0, 0.1) is 11.8 Å². The van der Waals surface area contributed by atoms with Gasteiger partial charge in [0.2, 0.25) is 5.91 Å². The van der Waals surface area contributed by atoms with Gasteiger partial charge in [0.05, 0.1) is 6.04 Å². The Morgan fingerprint density at radius 3 is 2.74 bits per heavy atom. The number of rotatable bonds is 4. The average Bonchev–Trinajstić information content (AvgIpc) is 2.47. The van der Waals surface area contributed by atoms with Crippen molar-refractivity contribution in [2.45, 2.75) is 64.0 Å². The van der Waals surface area contributed by atoms with E-state index in [1.807, 2.05) is 0 Å². The van der Waals surface area contributed by atoms with Gasteiger partial charge in [-0.25, -0.2) is 0 Å². The quantitative estimate of drug-likeness (QED) is 0.817. The lowest BCUT2D eigenvalue weighted by Gasteiger charge is -2.32. The zero-order valence-electron chi connectivity index (χ0n) is 12.1.